The highest BCUT2D eigenvalue weighted by molar-refractivity contribution is 5.95. The van der Waals surface area contributed by atoms with Crippen LogP contribution in [0.1, 0.15) is 134 Å². The van der Waals surface area contributed by atoms with Gasteiger partial charge in [-0.2, -0.15) is 0 Å². The van der Waals surface area contributed by atoms with Crippen molar-refractivity contribution in [1.29, 1.82) is 0 Å². The minimum Gasteiger partial charge on any atom is -0.459 e. The summed E-state index contributed by atoms with van der Waals surface area (Å²) in [6.07, 6.45) is 14.6. The van der Waals surface area contributed by atoms with Crippen molar-refractivity contribution in [3.63, 3.8) is 0 Å². The summed E-state index contributed by atoms with van der Waals surface area (Å²) in [5.41, 5.74) is 0.0785. The molecule has 10 heterocycles. The lowest BCUT2D eigenvalue weighted by atomic mass is 9.78. The van der Waals surface area contributed by atoms with Gasteiger partial charge in [0.2, 0.25) is 0 Å². The Morgan fingerprint density at radius 3 is 2.28 bits per heavy atom. The van der Waals surface area contributed by atoms with E-state index in [1.807, 2.05) is 36.4 Å². The summed E-state index contributed by atoms with van der Waals surface area (Å²) in [4.78, 5) is 25.3. The van der Waals surface area contributed by atoms with E-state index in [9.17, 15) is 14.7 Å². The molecule has 0 spiro atoms. The molecule has 8 saturated heterocycles. The lowest BCUT2D eigenvalue weighted by Gasteiger charge is -2.55. The van der Waals surface area contributed by atoms with Crippen molar-refractivity contribution in [2.75, 3.05) is 6.61 Å². The van der Waals surface area contributed by atoms with Crippen molar-refractivity contribution in [2.24, 2.45) is 11.8 Å². The number of carbonyl (C=O) groups is 2. The van der Waals surface area contributed by atoms with Crippen LogP contribution in [-0.4, -0.2) is 145 Å². The molecule has 0 bridgehead atoms. The molecule has 10 aliphatic rings. The SMILES string of the molecule is C=C(COC(=O)c1ccc2ccccc2c1)CC1CC(O)C2OC3CC4(C)OC5/C=C\CC6OC7C(C)CC8OC9(C)CC(C)CC%10OC(=O)CC%10OC9CC8OC7C/C=C\CC6OC5CCCC4OC3CC2O1. The number of rotatable bonds is 5. The molecule has 2 aromatic rings. The van der Waals surface area contributed by atoms with Crippen LogP contribution in [0.4, 0.5) is 0 Å². The largest absolute Gasteiger partial charge is 0.459 e. The average molecular weight is 1020 g/mol. The van der Waals surface area contributed by atoms with Crippen LogP contribution >= 0.6 is 0 Å². The van der Waals surface area contributed by atoms with Gasteiger partial charge in [-0.3, -0.25) is 4.79 Å². The Morgan fingerprint density at radius 2 is 1.42 bits per heavy atom. The third-order valence-electron chi connectivity index (χ3n) is 18.4. The number of esters is 2. The molecule has 1 N–H and O–H groups in total. The van der Waals surface area contributed by atoms with E-state index < -0.39 is 29.4 Å². The summed E-state index contributed by atoms with van der Waals surface area (Å²) in [5.74, 6) is -0.0830. The summed E-state index contributed by atoms with van der Waals surface area (Å²) in [7, 11) is 0. The Morgan fingerprint density at radius 1 is 0.676 bits per heavy atom. The summed E-state index contributed by atoms with van der Waals surface area (Å²) in [6.45, 7) is 13.2. The molecule has 10 aliphatic heterocycles. The van der Waals surface area contributed by atoms with Crippen LogP contribution in [0.3, 0.4) is 0 Å². The normalized spacial score (nSPS) is 47.0. The molecule has 2 aromatic carbocycles. The molecule has 12 rings (SSSR count). The third kappa shape index (κ3) is 10.5. The van der Waals surface area contributed by atoms with Crippen molar-refractivity contribution in [3.05, 3.63) is 84.5 Å². The van der Waals surface area contributed by atoms with Gasteiger partial charge in [-0.05, 0) is 118 Å². The fraction of sp³-hybridized carbons (Fsp3) is 0.700. The van der Waals surface area contributed by atoms with Crippen molar-refractivity contribution in [2.45, 2.75) is 245 Å². The molecule has 22 unspecified atom stereocenters. The predicted molar refractivity (Wildman–Crippen MR) is 272 cm³/mol. The second-order valence-corrected chi connectivity index (χ2v) is 24.3. The fourth-order valence-electron chi connectivity index (χ4n) is 14.8. The van der Waals surface area contributed by atoms with Gasteiger partial charge in [-0.25, -0.2) is 4.79 Å². The van der Waals surface area contributed by atoms with E-state index in [4.69, 9.17) is 52.1 Å². The highest BCUT2D eigenvalue weighted by atomic mass is 16.6. The van der Waals surface area contributed by atoms with Gasteiger partial charge in [0.25, 0.3) is 0 Å². The predicted octanol–water partition coefficient (Wildman–Crippen LogP) is 8.76. The Kier molecular flexibility index (Phi) is 14.5. The van der Waals surface area contributed by atoms with Crippen molar-refractivity contribution in [1.82, 2.24) is 0 Å². The van der Waals surface area contributed by atoms with Crippen LogP contribution in [0, 0.1) is 11.8 Å². The second kappa shape index (κ2) is 21.0. The van der Waals surface area contributed by atoms with E-state index in [0.717, 1.165) is 67.7 Å². The Bertz CT molecular complexity index is 2440. The first kappa shape index (κ1) is 51.2. The maximum atomic E-state index is 13.0. The maximum absolute atomic E-state index is 13.0. The van der Waals surface area contributed by atoms with E-state index in [1.165, 1.54) is 0 Å². The van der Waals surface area contributed by atoms with Crippen LogP contribution < -0.4 is 0 Å². The number of fused-ring (bicyclic) bond motifs is 10. The quantitative estimate of drug-likeness (QED) is 0.224. The molecule has 0 radical (unpaired) electrons. The summed E-state index contributed by atoms with van der Waals surface area (Å²) >= 11 is 0. The number of ether oxygens (including phenoxy) is 11. The van der Waals surface area contributed by atoms with E-state index in [-0.39, 0.29) is 123 Å². The lowest BCUT2D eigenvalue weighted by Crippen LogP contribution is -2.65. The van der Waals surface area contributed by atoms with Crippen LogP contribution in [0.5, 0.6) is 0 Å². The first-order valence-corrected chi connectivity index (χ1v) is 28.2. The number of hydrogen-bond acceptors (Lipinski definition) is 14. The first-order chi connectivity index (χ1) is 35.7. The number of aliphatic hydroxyl groups is 1. The zero-order chi connectivity index (χ0) is 50.9. The highest BCUT2D eigenvalue weighted by Crippen LogP contribution is 2.49. The van der Waals surface area contributed by atoms with Gasteiger partial charge in [0.05, 0.1) is 109 Å². The van der Waals surface area contributed by atoms with Gasteiger partial charge in [-0.1, -0.05) is 75.1 Å². The molecular formula is C60H78O14. The second-order valence-electron chi connectivity index (χ2n) is 24.3. The third-order valence-corrected chi connectivity index (χ3v) is 18.4. The Hall–Kier alpha value is -3.54. The van der Waals surface area contributed by atoms with Gasteiger partial charge in [-0.15, -0.1) is 0 Å². The fourth-order valence-corrected chi connectivity index (χ4v) is 14.8. The monoisotopic (exact) mass is 1020 g/mol. The topological polar surface area (TPSA) is 156 Å². The summed E-state index contributed by atoms with van der Waals surface area (Å²) in [6, 6.07) is 13.5. The molecular weight excluding hydrogens is 945 g/mol. The number of aliphatic hydroxyl groups excluding tert-OH is 1. The number of benzene rings is 2. The zero-order valence-corrected chi connectivity index (χ0v) is 43.7. The van der Waals surface area contributed by atoms with E-state index in [0.29, 0.717) is 50.0 Å². The minimum absolute atomic E-state index is 0.0717. The highest BCUT2D eigenvalue weighted by Gasteiger charge is 2.57. The van der Waals surface area contributed by atoms with Gasteiger partial charge >= 0.3 is 11.9 Å². The maximum Gasteiger partial charge on any atom is 0.338 e. The first-order valence-electron chi connectivity index (χ1n) is 28.2. The van der Waals surface area contributed by atoms with Crippen molar-refractivity contribution in [3.8, 4) is 0 Å². The molecule has 74 heavy (non-hydrogen) atoms. The lowest BCUT2D eigenvalue weighted by molar-refractivity contribution is -0.316. The van der Waals surface area contributed by atoms with Gasteiger partial charge in [0.1, 0.15) is 31.0 Å². The molecule has 0 aliphatic carbocycles. The smallest absolute Gasteiger partial charge is 0.338 e. The molecule has 0 amide bonds. The average Bonchev–Trinajstić information content (AvgIpc) is 3.67. The molecule has 8 fully saturated rings. The Labute approximate surface area is 436 Å². The van der Waals surface area contributed by atoms with Gasteiger partial charge in [0, 0.05) is 25.7 Å². The minimum atomic E-state index is -0.731. The summed E-state index contributed by atoms with van der Waals surface area (Å²) in [5, 5.41) is 13.6. The number of carbonyl (C=O) groups excluding carboxylic acids is 2. The molecule has 0 saturated carbocycles. The summed E-state index contributed by atoms with van der Waals surface area (Å²) < 4.78 is 74.5. The van der Waals surface area contributed by atoms with Crippen LogP contribution in [-0.2, 0) is 56.9 Å². The van der Waals surface area contributed by atoms with E-state index in [1.54, 1.807) is 6.07 Å². The van der Waals surface area contributed by atoms with Gasteiger partial charge in [0.15, 0.2) is 0 Å². The van der Waals surface area contributed by atoms with Crippen molar-refractivity contribution < 1.29 is 66.8 Å². The number of hydrogen-bond donors (Lipinski definition) is 1. The molecule has 402 valence electrons. The van der Waals surface area contributed by atoms with E-state index in [2.05, 4.69) is 58.6 Å². The Balaban J connectivity index is 0.669. The zero-order valence-electron chi connectivity index (χ0n) is 43.7. The molecule has 22 atom stereocenters. The van der Waals surface area contributed by atoms with E-state index >= 15 is 0 Å². The van der Waals surface area contributed by atoms with Gasteiger partial charge < -0.3 is 57.2 Å². The standard InChI is InChI=1S/C60H78O14/c1-33-23-46-49(29-55(62)70-46)69-54-28-48-50(74-59(54,4)30-33)24-35(3)56-45(67-48)15-9-8-14-41-42(71-56)16-10-18-44-43(66-41)17-11-19-53-60(5,73-44)31-52-47(68-53)27-51-57(72-52)40(61)26-39(65-51)22-34(2)32-64-58(63)38-21-20-36-12-6-7-13-37(36)25-38/h6-10,12-13,18,20-21,25,33,35,39-54,56-57,61H,2,11,14-17,19,22-24,26-32H2,1,3-5H3/b9-8-,18-10-. The van der Waals surface area contributed by atoms with Crippen LogP contribution in [0.2, 0.25) is 0 Å². The molecule has 14 nitrogen and oxygen atoms in total. The molecule has 14 heteroatoms. The van der Waals surface area contributed by atoms with Crippen molar-refractivity contribution >= 4 is 22.7 Å². The van der Waals surface area contributed by atoms with Crippen LogP contribution in [0.25, 0.3) is 10.8 Å². The molecule has 0 aromatic heterocycles. The van der Waals surface area contributed by atoms with Crippen LogP contribution in [0.15, 0.2) is 78.9 Å².